The van der Waals surface area contributed by atoms with Gasteiger partial charge < -0.3 is 9.80 Å². The summed E-state index contributed by atoms with van der Waals surface area (Å²) >= 11 is 0. The van der Waals surface area contributed by atoms with Crippen molar-refractivity contribution in [3.63, 3.8) is 0 Å². The Balaban J connectivity index is 1.48. The van der Waals surface area contributed by atoms with E-state index >= 15 is 0 Å². The monoisotopic (exact) mass is 319 g/mol. The van der Waals surface area contributed by atoms with E-state index in [9.17, 15) is 0 Å². The van der Waals surface area contributed by atoms with Crippen LogP contribution in [0.1, 0.15) is 17.5 Å². The van der Waals surface area contributed by atoms with Crippen LogP contribution in [-0.4, -0.2) is 54.6 Å². The molecule has 24 heavy (non-hydrogen) atoms. The third-order valence-corrected chi connectivity index (χ3v) is 5.34. The summed E-state index contributed by atoms with van der Waals surface area (Å²) in [6, 6.07) is 10.9. The Kier molecular flexibility index (Phi) is 4.46. The standard InChI is InChI=1S/C21H25N3/c1-23-12-14-24(15-13-23)11-9-17-7-8-21-19(17)5-2-6-20(21)18-4-3-10-22-16-18/h2-7,10,16H,8-9,11-15H2,1H3. The minimum Gasteiger partial charge on any atom is -0.304 e. The van der Waals surface area contributed by atoms with Gasteiger partial charge in [-0.3, -0.25) is 4.98 Å². The normalized spacial score (nSPS) is 18.5. The zero-order valence-electron chi connectivity index (χ0n) is 14.4. The average Bonchev–Trinajstić information content (AvgIpc) is 3.05. The van der Waals surface area contributed by atoms with Crippen molar-refractivity contribution in [1.82, 2.24) is 14.8 Å². The van der Waals surface area contributed by atoms with E-state index in [1.807, 2.05) is 18.5 Å². The Morgan fingerprint density at radius 1 is 1.00 bits per heavy atom. The molecule has 2 aromatic rings. The van der Waals surface area contributed by atoms with Gasteiger partial charge in [0.25, 0.3) is 0 Å². The SMILES string of the molecule is CN1CCN(CCC2=CCc3c2cccc3-c2cccnc2)CC1. The molecule has 124 valence electrons. The summed E-state index contributed by atoms with van der Waals surface area (Å²) in [5.74, 6) is 0. The Labute approximate surface area is 144 Å². The highest BCUT2D eigenvalue weighted by molar-refractivity contribution is 5.81. The summed E-state index contributed by atoms with van der Waals surface area (Å²) in [5.41, 5.74) is 7.01. The average molecular weight is 319 g/mol. The molecule has 0 bridgehead atoms. The summed E-state index contributed by atoms with van der Waals surface area (Å²) in [6.07, 6.45) is 8.45. The van der Waals surface area contributed by atoms with Crippen LogP contribution in [0.25, 0.3) is 16.7 Å². The molecule has 1 fully saturated rings. The van der Waals surface area contributed by atoms with Crippen LogP contribution in [0, 0.1) is 0 Å². The third-order valence-electron chi connectivity index (χ3n) is 5.34. The summed E-state index contributed by atoms with van der Waals surface area (Å²) in [6.45, 7) is 5.97. The number of benzene rings is 1. The minimum absolute atomic E-state index is 1.05. The maximum Gasteiger partial charge on any atom is 0.0346 e. The van der Waals surface area contributed by atoms with Crippen molar-refractivity contribution in [2.45, 2.75) is 12.8 Å². The van der Waals surface area contributed by atoms with Gasteiger partial charge in [-0.25, -0.2) is 0 Å². The molecule has 1 aliphatic heterocycles. The minimum atomic E-state index is 1.05. The highest BCUT2D eigenvalue weighted by Crippen LogP contribution is 2.36. The van der Waals surface area contributed by atoms with E-state index in [2.05, 4.69) is 52.2 Å². The molecule has 1 saturated heterocycles. The summed E-state index contributed by atoms with van der Waals surface area (Å²) in [5, 5.41) is 0. The Morgan fingerprint density at radius 3 is 2.62 bits per heavy atom. The van der Waals surface area contributed by atoms with Crippen LogP contribution in [-0.2, 0) is 6.42 Å². The molecule has 1 aliphatic carbocycles. The van der Waals surface area contributed by atoms with Crippen LogP contribution >= 0.6 is 0 Å². The number of rotatable bonds is 4. The van der Waals surface area contributed by atoms with Crippen LogP contribution in [0.3, 0.4) is 0 Å². The largest absolute Gasteiger partial charge is 0.304 e. The first-order chi connectivity index (χ1) is 11.8. The number of fused-ring (bicyclic) bond motifs is 1. The molecule has 1 aromatic heterocycles. The maximum atomic E-state index is 4.28. The highest BCUT2D eigenvalue weighted by atomic mass is 15.2. The van der Waals surface area contributed by atoms with E-state index < -0.39 is 0 Å². The molecule has 3 nitrogen and oxygen atoms in total. The van der Waals surface area contributed by atoms with Gasteiger partial charge in [0, 0.05) is 50.7 Å². The van der Waals surface area contributed by atoms with Gasteiger partial charge in [-0.2, -0.15) is 0 Å². The summed E-state index contributed by atoms with van der Waals surface area (Å²) < 4.78 is 0. The van der Waals surface area contributed by atoms with Crippen LogP contribution in [0.15, 0.2) is 48.8 Å². The van der Waals surface area contributed by atoms with E-state index in [0.717, 1.165) is 12.8 Å². The van der Waals surface area contributed by atoms with Gasteiger partial charge >= 0.3 is 0 Å². The Morgan fingerprint density at radius 2 is 1.83 bits per heavy atom. The molecule has 0 atom stereocenters. The lowest BCUT2D eigenvalue weighted by molar-refractivity contribution is 0.157. The van der Waals surface area contributed by atoms with E-state index in [1.54, 1.807) is 0 Å². The van der Waals surface area contributed by atoms with Crippen LogP contribution in [0.2, 0.25) is 0 Å². The molecule has 0 unspecified atom stereocenters. The smallest absolute Gasteiger partial charge is 0.0346 e. The molecule has 4 rings (SSSR count). The van der Waals surface area contributed by atoms with Crippen molar-refractivity contribution < 1.29 is 0 Å². The molecule has 3 heteroatoms. The quantitative estimate of drug-likeness (QED) is 0.862. The van der Waals surface area contributed by atoms with Gasteiger partial charge in [0.15, 0.2) is 0 Å². The van der Waals surface area contributed by atoms with E-state index in [4.69, 9.17) is 0 Å². The molecular formula is C21H25N3. The lowest BCUT2D eigenvalue weighted by atomic mass is 9.95. The fraction of sp³-hybridized carbons (Fsp3) is 0.381. The first-order valence-corrected chi connectivity index (χ1v) is 8.94. The number of nitrogens with zero attached hydrogens (tertiary/aromatic N) is 3. The van der Waals surface area contributed by atoms with Crippen molar-refractivity contribution >= 4 is 5.57 Å². The topological polar surface area (TPSA) is 19.4 Å². The predicted molar refractivity (Wildman–Crippen MR) is 99.9 cm³/mol. The van der Waals surface area contributed by atoms with Gasteiger partial charge in [-0.1, -0.05) is 30.3 Å². The number of likely N-dealkylation sites (N-methyl/N-ethyl adjacent to an activating group) is 1. The highest BCUT2D eigenvalue weighted by Gasteiger charge is 2.19. The van der Waals surface area contributed by atoms with Gasteiger partial charge in [0.05, 0.1) is 0 Å². The molecule has 2 aliphatic rings. The molecule has 0 radical (unpaired) electrons. The van der Waals surface area contributed by atoms with Gasteiger partial charge in [-0.05, 0) is 48.2 Å². The molecule has 0 amide bonds. The van der Waals surface area contributed by atoms with Crippen molar-refractivity contribution in [2.24, 2.45) is 0 Å². The van der Waals surface area contributed by atoms with E-state index in [-0.39, 0.29) is 0 Å². The second-order valence-corrected chi connectivity index (χ2v) is 6.90. The van der Waals surface area contributed by atoms with E-state index in [0.29, 0.717) is 0 Å². The zero-order chi connectivity index (χ0) is 16.4. The van der Waals surface area contributed by atoms with Crippen molar-refractivity contribution in [2.75, 3.05) is 39.8 Å². The fourth-order valence-electron chi connectivity index (χ4n) is 3.82. The van der Waals surface area contributed by atoms with Crippen molar-refractivity contribution in [3.8, 4) is 11.1 Å². The number of piperazine rings is 1. The lowest BCUT2D eigenvalue weighted by Crippen LogP contribution is -2.44. The second-order valence-electron chi connectivity index (χ2n) is 6.90. The molecule has 0 spiro atoms. The van der Waals surface area contributed by atoms with Crippen LogP contribution in [0.4, 0.5) is 0 Å². The Bertz CT molecular complexity index is 728. The van der Waals surface area contributed by atoms with Gasteiger partial charge in [-0.15, -0.1) is 0 Å². The van der Waals surface area contributed by atoms with Gasteiger partial charge in [0.2, 0.25) is 0 Å². The van der Waals surface area contributed by atoms with E-state index in [1.165, 1.54) is 60.6 Å². The van der Waals surface area contributed by atoms with Gasteiger partial charge in [0.1, 0.15) is 0 Å². The molecule has 0 N–H and O–H groups in total. The maximum absolute atomic E-state index is 4.28. The molecule has 0 saturated carbocycles. The van der Waals surface area contributed by atoms with Crippen molar-refractivity contribution in [3.05, 3.63) is 59.9 Å². The van der Waals surface area contributed by atoms with Crippen LogP contribution in [0.5, 0.6) is 0 Å². The van der Waals surface area contributed by atoms with Crippen LogP contribution < -0.4 is 0 Å². The number of pyridine rings is 1. The third kappa shape index (κ3) is 3.14. The lowest BCUT2D eigenvalue weighted by Gasteiger charge is -2.32. The number of aromatic nitrogens is 1. The zero-order valence-corrected chi connectivity index (χ0v) is 14.4. The Hall–Kier alpha value is -1.97. The predicted octanol–water partition coefficient (Wildman–Crippen LogP) is 3.33. The van der Waals surface area contributed by atoms with Crippen molar-refractivity contribution in [1.29, 1.82) is 0 Å². The summed E-state index contributed by atoms with van der Waals surface area (Å²) in [4.78, 5) is 9.30. The number of allylic oxidation sites excluding steroid dienone is 1. The second kappa shape index (κ2) is 6.88. The first kappa shape index (κ1) is 15.6. The first-order valence-electron chi connectivity index (χ1n) is 8.94. The molecule has 2 heterocycles. The molecule has 1 aromatic carbocycles. The summed E-state index contributed by atoms with van der Waals surface area (Å²) in [7, 11) is 2.22. The molecular weight excluding hydrogens is 294 g/mol. The number of hydrogen-bond donors (Lipinski definition) is 0. The fourth-order valence-corrected chi connectivity index (χ4v) is 3.82. The number of hydrogen-bond acceptors (Lipinski definition) is 3.